The van der Waals surface area contributed by atoms with E-state index in [1.54, 1.807) is 17.8 Å². The largest absolute Gasteiger partial charge is 0.394 e. The summed E-state index contributed by atoms with van der Waals surface area (Å²) in [5.74, 6) is 0. The van der Waals surface area contributed by atoms with E-state index in [0.29, 0.717) is 6.54 Å². The fourth-order valence-electron chi connectivity index (χ4n) is 0.973. The Morgan fingerprint density at radius 1 is 1.75 bits per heavy atom. The SMILES string of the molecule is Cc1cnn(CC(C)(N)CO)c1. The molecule has 1 heterocycles. The Hall–Kier alpha value is -0.870. The Kier molecular flexibility index (Phi) is 2.49. The maximum absolute atomic E-state index is 8.90. The molecule has 1 aromatic heterocycles. The van der Waals surface area contributed by atoms with E-state index in [2.05, 4.69) is 5.10 Å². The maximum atomic E-state index is 8.90. The van der Waals surface area contributed by atoms with Crippen LogP contribution in [-0.2, 0) is 6.54 Å². The molecule has 1 atom stereocenters. The number of aryl methyl sites for hydroxylation is 1. The third kappa shape index (κ3) is 2.32. The molecule has 0 bridgehead atoms. The van der Waals surface area contributed by atoms with Crippen LogP contribution in [0.15, 0.2) is 12.4 Å². The number of nitrogens with two attached hydrogens (primary N) is 1. The van der Waals surface area contributed by atoms with E-state index < -0.39 is 5.54 Å². The van der Waals surface area contributed by atoms with Crippen molar-refractivity contribution in [2.24, 2.45) is 5.73 Å². The second kappa shape index (κ2) is 3.25. The molecule has 0 aliphatic heterocycles. The second-order valence-corrected chi connectivity index (χ2v) is 3.53. The van der Waals surface area contributed by atoms with E-state index in [4.69, 9.17) is 10.8 Å². The normalized spacial score (nSPS) is 16.0. The molecule has 0 aliphatic rings. The van der Waals surface area contributed by atoms with Crippen LogP contribution in [0.3, 0.4) is 0 Å². The zero-order valence-electron chi connectivity index (χ0n) is 7.49. The molecule has 0 fully saturated rings. The number of aromatic nitrogens is 2. The summed E-state index contributed by atoms with van der Waals surface area (Å²) in [4.78, 5) is 0. The molecule has 0 saturated heterocycles. The lowest BCUT2D eigenvalue weighted by molar-refractivity contribution is 0.188. The first-order valence-corrected chi connectivity index (χ1v) is 3.92. The van der Waals surface area contributed by atoms with Gasteiger partial charge in [0.25, 0.3) is 0 Å². The van der Waals surface area contributed by atoms with Gasteiger partial charge in [0, 0.05) is 6.20 Å². The summed E-state index contributed by atoms with van der Waals surface area (Å²) in [6, 6.07) is 0. The Balaban J connectivity index is 2.63. The van der Waals surface area contributed by atoms with Gasteiger partial charge in [-0.05, 0) is 19.4 Å². The molecule has 0 spiro atoms. The average Bonchev–Trinajstić information content (AvgIpc) is 2.35. The van der Waals surface area contributed by atoms with Gasteiger partial charge in [-0.2, -0.15) is 5.10 Å². The lowest BCUT2D eigenvalue weighted by atomic mass is 10.1. The highest BCUT2D eigenvalue weighted by Gasteiger charge is 2.17. The molecule has 3 N–H and O–H groups in total. The third-order valence-corrected chi connectivity index (χ3v) is 1.65. The lowest BCUT2D eigenvalue weighted by Gasteiger charge is -2.21. The van der Waals surface area contributed by atoms with Crippen LogP contribution in [0.4, 0.5) is 0 Å². The molecule has 0 aliphatic carbocycles. The van der Waals surface area contributed by atoms with E-state index in [-0.39, 0.29) is 6.61 Å². The molecule has 68 valence electrons. The fraction of sp³-hybridized carbons (Fsp3) is 0.625. The van der Waals surface area contributed by atoms with E-state index in [9.17, 15) is 0 Å². The molecule has 0 aromatic carbocycles. The predicted molar refractivity (Wildman–Crippen MR) is 46.6 cm³/mol. The van der Waals surface area contributed by atoms with Gasteiger partial charge in [-0.15, -0.1) is 0 Å². The molecule has 1 rings (SSSR count). The van der Waals surface area contributed by atoms with Gasteiger partial charge < -0.3 is 10.8 Å². The first kappa shape index (κ1) is 9.22. The maximum Gasteiger partial charge on any atom is 0.0626 e. The zero-order valence-corrected chi connectivity index (χ0v) is 7.49. The summed E-state index contributed by atoms with van der Waals surface area (Å²) in [6.07, 6.45) is 3.67. The molecule has 1 aromatic rings. The van der Waals surface area contributed by atoms with Gasteiger partial charge in [0.1, 0.15) is 0 Å². The molecular weight excluding hydrogens is 154 g/mol. The minimum absolute atomic E-state index is 0.0358. The van der Waals surface area contributed by atoms with Crippen LogP contribution in [0, 0.1) is 6.92 Å². The Bertz CT molecular complexity index is 255. The number of hydrogen-bond donors (Lipinski definition) is 2. The summed E-state index contributed by atoms with van der Waals surface area (Å²) >= 11 is 0. The summed E-state index contributed by atoms with van der Waals surface area (Å²) < 4.78 is 1.74. The summed E-state index contributed by atoms with van der Waals surface area (Å²) in [5, 5.41) is 13.0. The minimum atomic E-state index is -0.585. The van der Waals surface area contributed by atoms with Crippen LogP contribution in [0.1, 0.15) is 12.5 Å². The van der Waals surface area contributed by atoms with Gasteiger partial charge in [-0.25, -0.2) is 0 Å². The van der Waals surface area contributed by atoms with Crippen molar-refractivity contribution in [3.05, 3.63) is 18.0 Å². The Labute approximate surface area is 72.0 Å². The molecule has 4 heteroatoms. The van der Waals surface area contributed by atoms with Gasteiger partial charge in [0.2, 0.25) is 0 Å². The van der Waals surface area contributed by atoms with Crippen molar-refractivity contribution >= 4 is 0 Å². The highest BCUT2D eigenvalue weighted by Crippen LogP contribution is 2.03. The molecule has 0 saturated carbocycles. The van der Waals surface area contributed by atoms with Crippen LogP contribution in [0.25, 0.3) is 0 Å². The van der Waals surface area contributed by atoms with Crippen molar-refractivity contribution in [1.82, 2.24) is 9.78 Å². The Morgan fingerprint density at radius 3 is 2.83 bits per heavy atom. The zero-order chi connectivity index (χ0) is 9.19. The van der Waals surface area contributed by atoms with Gasteiger partial charge in [0.15, 0.2) is 0 Å². The van der Waals surface area contributed by atoms with Crippen LogP contribution in [0.5, 0.6) is 0 Å². The first-order chi connectivity index (χ1) is 5.53. The summed E-state index contributed by atoms with van der Waals surface area (Å²) in [5.41, 5.74) is 6.26. The third-order valence-electron chi connectivity index (χ3n) is 1.65. The smallest absolute Gasteiger partial charge is 0.0626 e. The van der Waals surface area contributed by atoms with Gasteiger partial charge >= 0.3 is 0 Å². The highest BCUT2D eigenvalue weighted by atomic mass is 16.3. The van der Waals surface area contributed by atoms with Crippen LogP contribution in [-0.4, -0.2) is 27.0 Å². The Morgan fingerprint density at radius 2 is 2.42 bits per heavy atom. The van der Waals surface area contributed by atoms with Crippen molar-refractivity contribution in [2.75, 3.05) is 6.61 Å². The van der Waals surface area contributed by atoms with Crippen molar-refractivity contribution in [3.63, 3.8) is 0 Å². The number of aliphatic hydroxyl groups is 1. The number of rotatable bonds is 3. The van der Waals surface area contributed by atoms with Gasteiger partial charge in [-0.3, -0.25) is 4.68 Å². The van der Waals surface area contributed by atoms with E-state index in [1.807, 2.05) is 13.1 Å². The van der Waals surface area contributed by atoms with Crippen molar-refractivity contribution in [2.45, 2.75) is 25.9 Å². The van der Waals surface area contributed by atoms with Crippen LogP contribution in [0.2, 0.25) is 0 Å². The molecule has 1 unspecified atom stereocenters. The standard InChI is InChI=1S/C8H15N3O/c1-7-3-10-11(4-7)5-8(2,9)6-12/h3-4,12H,5-6,9H2,1-2H3. The monoisotopic (exact) mass is 169 g/mol. The molecule has 0 radical (unpaired) electrons. The van der Waals surface area contributed by atoms with E-state index in [1.165, 1.54) is 0 Å². The van der Waals surface area contributed by atoms with Crippen LogP contribution >= 0.6 is 0 Å². The number of hydrogen-bond acceptors (Lipinski definition) is 3. The van der Waals surface area contributed by atoms with E-state index >= 15 is 0 Å². The van der Waals surface area contributed by atoms with Crippen molar-refractivity contribution < 1.29 is 5.11 Å². The average molecular weight is 169 g/mol. The topological polar surface area (TPSA) is 64.1 Å². The second-order valence-electron chi connectivity index (χ2n) is 3.53. The lowest BCUT2D eigenvalue weighted by Crippen LogP contribution is -2.44. The van der Waals surface area contributed by atoms with Crippen LogP contribution < -0.4 is 5.73 Å². The van der Waals surface area contributed by atoms with E-state index in [0.717, 1.165) is 5.56 Å². The number of aliphatic hydroxyl groups excluding tert-OH is 1. The summed E-state index contributed by atoms with van der Waals surface area (Å²) in [6.45, 7) is 4.27. The quantitative estimate of drug-likeness (QED) is 0.664. The van der Waals surface area contributed by atoms with Crippen molar-refractivity contribution in [3.8, 4) is 0 Å². The number of nitrogens with zero attached hydrogens (tertiary/aromatic N) is 2. The highest BCUT2D eigenvalue weighted by molar-refractivity contribution is 5.00. The summed E-state index contributed by atoms with van der Waals surface area (Å²) in [7, 11) is 0. The molecular formula is C8H15N3O. The molecule has 4 nitrogen and oxygen atoms in total. The van der Waals surface area contributed by atoms with Gasteiger partial charge in [0.05, 0.1) is 24.9 Å². The predicted octanol–water partition coefficient (Wildman–Crippen LogP) is -0.0988. The molecule has 0 amide bonds. The first-order valence-electron chi connectivity index (χ1n) is 3.92. The minimum Gasteiger partial charge on any atom is -0.394 e. The fourth-order valence-corrected chi connectivity index (χ4v) is 0.973. The van der Waals surface area contributed by atoms with Gasteiger partial charge in [-0.1, -0.05) is 0 Å². The molecule has 12 heavy (non-hydrogen) atoms. The van der Waals surface area contributed by atoms with Crippen molar-refractivity contribution in [1.29, 1.82) is 0 Å².